The third kappa shape index (κ3) is 3.30. The number of hydrogen-bond donors (Lipinski definition) is 0. The van der Waals surface area contributed by atoms with E-state index >= 15 is 0 Å². The van der Waals surface area contributed by atoms with E-state index in [4.69, 9.17) is 9.98 Å². The number of para-hydroxylation sites is 1. The number of thioether (sulfide) groups is 1. The Kier molecular flexibility index (Phi) is 5.39. The third-order valence-electron chi connectivity index (χ3n) is 6.73. The van der Waals surface area contributed by atoms with Crippen LogP contribution in [0.25, 0.3) is 5.69 Å². The molecule has 0 amide bonds. The fourth-order valence-electron chi connectivity index (χ4n) is 5.17. The topological polar surface area (TPSA) is 33.4 Å². The van der Waals surface area contributed by atoms with Crippen LogP contribution >= 0.6 is 11.8 Å². The summed E-state index contributed by atoms with van der Waals surface area (Å²) >= 11 is 1.90. The van der Waals surface area contributed by atoms with Gasteiger partial charge in [0.15, 0.2) is 5.17 Å². The third-order valence-corrected chi connectivity index (χ3v) is 7.86. The quantitative estimate of drug-likeness (QED) is 0.495. The van der Waals surface area contributed by atoms with Crippen LogP contribution in [0.5, 0.6) is 0 Å². The zero-order chi connectivity index (χ0) is 21.5. The molecule has 2 aliphatic heterocycles. The number of pyridine rings is 1. The molecule has 0 saturated carbocycles. The van der Waals surface area contributed by atoms with E-state index in [1.165, 1.54) is 33.4 Å². The molecule has 31 heavy (non-hydrogen) atoms. The van der Waals surface area contributed by atoms with Crippen LogP contribution in [-0.2, 0) is 6.42 Å². The van der Waals surface area contributed by atoms with E-state index in [9.17, 15) is 0 Å². The number of amidine groups is 1. The van der Waals surface area contributed by atoms with Gasteiger partial charge in [-0.3, -0.25) is 9.98 Å². The molecule has 4 nitrogen and oxygen atoms in total. The van der Waals surface area contributed by atoms with Crippen molar-refractivity contribution >= 4 is 16.9 Å². The van der Waals surface area contributed by atoms with Crippen molar-refractivity contribution < 1.29 is 0 Å². The van der Waals surface area contributed by atoms with Crippen molar-refractivity contribution in [1.82, 2.24) is 14.5 Å². The monoisotopic (exact) mass is 430 g/mol. The number of nitrogens with zero attached hydrogens (tertiary/aromatic N) is 4. The molecule has 0 bridgehead atoms. The van der Waals surface area contributed by atoms with Crippen LogP contribution in [0.4, 0.5) is 0 Å². The Hall–Kier alpha value is -2.53. The summed E-state index contributed by atoms with van der Waals surface area (Å²) in [5, 5.41) is 1.19. The molecule has 3 atom stereocenters. The van der Waals surface area contributed by atoms with Crippen molar-refractivity contribution in [2.45, 2.75) is 58.7 Å². The number of benzene rings is 1. The van der Waals surface area contributed by atoms with E-state index in [2.05, 4.69) is 79.6 Å². The van der Waals surface area contributed by atoms with Gasteiger partial charge in [-0.2, -0.15) is 0 Å². The molecule has 1 saturated heterocycles. The smallest absolute Gasteiger partial charge is 0.160 e. The maximum Gasteiger partial charge on any atom is 0.160 e. The van der Waals surface area contributed by atoms with Crippen molar-refractivity contribution in [3.8, 4) is 5.69 Å². The maximum absolute atomic E-state index is 5.20. The van der Waals surface area contributed by atoms with E-state index in [-0.39, 0.29) is 12.1 Å². The van der Waals surface area contributed by atoms with Gasteiger partial charge in [0, 0.05) is 35.1 Å². The molecule has 4 heterocycles. The molecule has 5 heteroatoms. The Morgan fingerprint density at radius 2 is 1.87 bits per heavy atom. The summed E-state index contributed by atoms with van der Waals surface area (Å²) in [5.74, 6) is 1.12. The first-order valence-electron chi connectivity index (χ1n) is 11.3. The normalized spacial score (nSPS) is 22.6. The molecule has 1 fully saturated rings. The fourth-order valence-corrected chi connectivity index (χ4v) is 6.51. The first-order valence-corrected chi connectivity index (χ1v) is 12.3. The number of rotatable bonds is 5. The zero-order valence-electron chi connectivity index (χ0n) is 18.7. The fraction of sp³-hybridized carbons (Fsp3) is 0.385. The molecule has 2 aromatic heterocycles. The van der Waals surface area contributed by atoms with Crippen molar-refractivity contribution in [1.29, 1.82) is 0 Å². The van der Waals surface area contributed by atoms with E-state index in [0.29, 0.717) is 6.04 Å². The van der Waals surface area contributed by atoms with Crippen LogP contribution in [0.15, 0.2) is 59.7 Å². The van der Waals surface area contributed by atoms with Crippen LogP contribution in [0.3, 0.4) is 0 Å². The maximum atomic E-state index is 5.20. The van der Waals surface area contributed by atoms with Crippen LogP contribution < -0.4 is 0 Å². The van der Waals surface area contributed by atoms with Crippen LogP contribution in [0.2, 0.25) is 0 Å². The summed E-state index contributed by atoms with van der Waals surface area (Å²) in [4.78, 5) is 12.5. The minimum Gasteiger partial charge on any atom is -0.338 e. The Bertz CT molecular complexity index is 1120. The summed E-state index contributed by atoms with van der Waals surface area (Å²) in [6, 6.07) is 18.1. The molecule has 0 aliphatic carbocycles. The van der Waals surface area contributed by atoms with E-state index in [1.807, 2.05) is 24.0 Å². The minimum atomic E-state index is 0.0356. The highest BCUT2D eigenvalue weighted by atomic mass is 32.2. The standard InChI is InChI=1S/C26H30N4S/c1-5-19-11-7-8-13-23(19)29-17(3)15-21(18(29)4)25-24(22-12-9-10-14-27-22)28-26-30(25)20(6-2)16-31-26/h7-15,20,24-25H,5-6,16H2,1-4H3. The van der Waals surface area contributed by atoms with Gasteiger partial charge >= 0.3 is 0 Å². The molecule has 1 aromatic carbocycles. The lowest BCUT2D eigenvalue weighted by molar-refractivity contribution is 0.254. The average molecular weight is 431 g/mol. The Balaban J connectivity index is 1.65. The van der Waals surface area contributed by atoms with Gasteiger partial charge in [0.2, 0.25) is 0 Å². The van der Waals surface area contributed by atoms with Gasteiger partial charge in [-0.05, 0) is 62.1 Å². The molecule has 5 rings (SSSR count). The molecule has 3 aromatic rings. The highest BCUT2D eigenvalue weighted by molar-refractivity contribution is 8.14. The summed E-state index contributed by atoms with van der Waals surface area (Å²) in [6.45, 7) is 9.02. The molecule has 160 valence electrons. The number of aromatic nitrogens is 2. The average Bonchev–Trinajstić information content (AvgIpc) is 3.45. The van der Waals surface area contributed by atoms with Gasteiger partial charge in [0.25, 0.3) is 0 Å². The number of hydrogen-bond acceptors (Lipinski definition) is 4. The van der Waals surface area contributed by atoms with Crippen molar-refractivity contribution in [3.63, 3.8) is 0 Å². The molecule has 2 aliphatic rings. The van der Waals surface area contributed by atoms with Gasteiger partial charge in [-0.15, -0.1) is 0 Å². The molecular formula is C26H30N4S. The van der Waals surface area contributed by atoms with Gasteiger partial charge in [-0.1, -0.05) is 49.9 Å². The lowest BCUT2D eigenvalue weighted by Crippen LogP contribution is -2.35. The van der Waals surface area contributed by atoms with Crippen molar-refractivity contribution in [3.05, 3.63) is 82.9 Å². The first-order chi connectivity index (χ1) is 15.1. The Morgan fingerprint density at radius 1 is 1.06 bits per heavy atom. The molecule has 3 unspecified atom stereocenters. The predicted octanol–water partition coefficient (Wildman–Crippen LogP) is 6.03. The number of aliphatic imine (C=N–C) groups is 1. The van der Waals surface area contributed by atoms with Crippen molar-refractivity contribution in [2.75, 3.05) is 5.75 Å². The molecule has 0 N–H and O–H groups in total. The second kappa shape index (κ2) is 8.19. The summed E-state index contributed by atoms with van der Waals surface area (Å²) in [7, 11) is 0. The Morgan fingerprint density at radius 3 is 2.61 bits per heavy atom. The first kappa shape index (κ1) is 20.4. The van der Waals surface area contributed by atoms with Gasteiger partial charge in [-0.25, -0.2) is 0 Å². The lowest BCUT2D eigenvalue weighted by atomic mass is 9.95. The molecular weight excluding hydrogens is 400 g/mol. The van der Waals surface area contributed by atoms with E-state index < -0.39 is 0 Å². The van der Waals surface area contributed by atoms with E-state index in [1.54, 1.807) is 0 Å². The van der Waals surface area contributed by atoms with Crippen molar-refractivity contribution in [2.24, 2.45) is 4.99 Å². The number of fused-ring (bicyclic) bond motifs is 1. The summed E-state index contributed by atoms with van der Waals surface area (Å²) < 4.78 is 2.44. The van der Waals surface area contributed by atoms with E-state index in [0.717, 1.165) is 24.3 Å². The predicted molar refractivity (Wildman–Crippen MR) is 130 cm³/mol. The largest absolute Gasteiger partial charge is 0.338 e. The minimum absolute atomic E-state index is 0.0356. The molecule has 0 radical (unpaired) electrons. The summed E-state index contributed by atoms with van der Waals surface area (Å²) in [6.07, 6.45) is 4.05. The lowest BCUT2D eigenvalue weighted by Gasteiger charge is -2.32. The van der Waals surface area contributed by atoms with Crippen LogP contribution in [-0.4, -0.2) is 31.4 Å². The van der Waals surface area contributed by atoms with Gasteiger partial charge in [0.05, 0.1) is 11.7 Å². The highest BCUT2D eigenvalue weighted by Crippen LogP contribution is 2.49. The van der Waals surface area contributed by atoms with Gasteiger partial charge in [0.1, 0.15) is 6.04 Å². The van der Waals surface area contributed by atoms with Crippen LogP contribution in [0.1, 0.15) is 60.6 Å². The Labute approximate surface area is 189 Å². The highest BCUT2D eigenvalue weighted by Gasteiger charge is 2.46. The van der Waals surface area contributed by atoms with Crippen LogP contribution in [0, 0.1) is 13.8 Å². The number of aryl methyl sites for hydroxylation is 2. The second-order valence-corrected chi connectivity index (χ2v) is 9.47. The van der Waals surface area contributed by atoms with Gasteiger partial charge < -0.3 is 9.47 Å². The SMILES string of the molecule is CCc1ccccc1-n1c(C)cc(C2C(c3ccccn3)N=C3SCC(CC)N32)c1C. The summed E-state index contributed by atoms with van der Waals surface area (Å²) in [5.41, 5.74) is 7.70. The second-order valence-electron chi connectivity index (χ2n) is 8.48. The molecule has 0 spiro atoms. The zero-order valence-corrected chi connectivity index (χ0v) is 19.6.